The maximum atomic E-state index is 13.0. The molecule has 0 bridgehead atoms. The second kappa shape index (κ2) is 5.56. The van der Waals surface area contributed by atoms with Crippen LogP contribution in [0.1, 0.15) is 20.8 Å². The summed E-state index contributed by atoms with van der Waals surface area (Å²) in [4.78, 5) is 17.3. The van der Waals surface area contributed by atoms with Gasteiger partial charge in [-0.3, -0.25) is 9.13 Å². The van der Waals surface area contributed by atoms with E-state index in [0.29, 0.717) is 22.1 Å². The van der Waals surface area contributed by atoms with E-state index in [1.54, 1.807) is 54.2 Å². The molecular weight excluding hydrogens is 364 g/mol. The number of hydrogen-bond acceptors (Lipinski definition) is 4. The second-order valence-electron chi connectivity index (χ2n) is 7.51. The summed E-state index contributed by atoms with van der Waals surface area (Å²) < 4.78 is 30.5. The average Bonchev–Trinajstić information content (AvgIpc) is 3.16. The van der Waals surface area contributed by atoms with E-state index in [1.165, 1.54) is 14.7 Å². The number of nitrogens with zero attached hydrogens (tertiary/aromatic N) is 4. The van der Waals surface area contributed by atoms with Crippen LogP contribution >= 0.6 is 0 Å². The predicted molar refractivity (Wildman–Crippen MR) is 104 cm³/mol. The van der Waals surface area contributed by atoms with Crippen LogP contribution in [0.15, 0.2) is 58.5 Å². The zero-order valence-electron chi connectivity index (χ0n) is 15.5. The molecule has 0 saturated carbocycles. The molecule has 4 rings (SSSR count). The summed E-state index contributed by atoms with van der Waals surface area (Å²) >= 11 is 0. The Labute approximate surface area is 156 Å². The Morgan fingerprint density at radius 2 is 1.70 bits per heavy atom. The Morgan fingerprint density at radius 1 is 1.04 bits per heavy atom. The summed E-state index contributed by atoms with van der Waals surface area (Å²) in [6.07, 6.45) is 3.04. The molecule has 0 aliphatic carbocycles. The van der Waals surface area contributed by atoms with Crippen molar-refractivity contribution in [1.29, 1.82) is 0 Å². The fraction of sp³-hybridized carbons (Fsp3) is 0.263. The molecule has 0 amide bonds. The average molecular weight is 384 g/mol. The van der Waals surface area contributed by atoms with Crippen molar-refractivity contribution in [2.75, 3.05) is 0 Å². The molecule has 0 radical (unpaired) electrons. The SMILES string of the molecule is Cn1c(=O)n(C(C)(C)C)c2c3ccn(S(=O)(=O)c4ccccc4)c3ncc21. The highest BCUT2D eigenvalue weighted by atomic mass is 32.2. The standard InChI is InChI=1S/C19H20N4O3S/c1-19(2,3)23-16-14-10-11-22(27(25,26)13-8-6-5-7-9-13)17(14)20-12-15(16)21(4)18(23)24/h5-12H,1-4H3. The number of aryl methyl sites for hydroxylation is 1. The third-order valence-corrected chi connectivity index (χ3v) is 6.35. The predicted octanol–water partition coefficient (Wildman–Crippen LogP) is 2.68. The normalized spacial score (nSPS) is 12.9. The van der Waals surface area contributed by atoms with E-state index in [1.807, 2.05) is 20.8 Å². The Bertz CT molecular complexity index is 1340. The molecule has 3 aromatic heterocycles. The van der Waals surface area contributed by atoms with Crippen LogP contribution in [0.2, 0.25) is 0 Å². The maximum absolute atomic E-state index is 13.0. The first-order valence-corrected chi connectivity index (χ1v) is 9.96. The summed E-state index contributed by atoms with van der Waals surface area (Å²) in [6, 6.07) is 9.92. The molecule has 0 aliphatic rings. The van der Waals surface area contributed by atoms with Crippen LogP contribution in [0.3, 0.4) is 0 Å². The van der Waals surface area contributed by atoms with Gasteiger partial charge in [0.15, 0.2) is 5.65 Å². The summed E-state index contributed by atoms with van der Waals surface area (Å²) in [5.74, 6) is 0. The highest BCUT2D eigenvalue weighted by Gasteiger charge is 2.26. The Morgan fingerprint density at radius 3 is 2.33 bits per heavy atom. The van der Waals surface area contributed by atoms with Gasteiger partial charge >= 0.3 is 5.69 Å². The zero-order valence-corrected chi connectivity index (χ0v) is 16.4. The third-order valence-electron chi connectivity index (χ3n) is 4.67. The molecule has 7 nitrogen and oxygen atoms in total. The van der Waals surface area contributed by atoms with Crippen LogP contribution in [0.5, 0.6) is 0 Å². The first-order chi connectivity index (χ1) is 12.6. The lowest BCUT2D eigenvalue weighted by Crippen LogP contribution is -2.34. The van der Waals surface area contributed by atoms with Crippen LogP contribution in [0.4, 0.5) is 0 Å². The van der Waals surface area contributed by atoms with Crippen molar-refractivity contribution in [1.82, 2.24) is 18.1 Å². The van der Waals surface area contributed by atoms with E-state index < -0.39 is 15.6 Å². The Hall–Kier alpha value is -2.87. The fourth-order valence-electron chi connectivity index (χ4n) is 3.39. The quantitative estimate of drug-likeness (QED) is 0.532. The summed E-state index contributed by atoms with van der Waals surface area (Å²) in [7, 11) is -2.09. The molecule has 0 saturated heterocycles. The summed E-state index contributed by atoms with van der Waals surface area (Å²) in [5, 5.41) is 0.625. The van der Waals surface area contributed by atoms with E-state index >= 15 is 0 Å². The van der Waals surface area contributed by atoms with Crippen molar-refractivity contribution in [2.45, 2.75) is 31.2 Å². The van der Waals surface area contributed by atoms with E-state index in [2.05, 4.69) is 4.98 Å². The molecule has 27 heavy (non-hydrogen) atoms. The van der Waals surface area contributed by atoms with E-state index in [9.17, 15) is 13.2 Å². The highest BCUT2D eigenvalue weighted by molar-refractivity contribution is 7.90. The van der Waals surface area contributed by atoms with Crippen molar-refractivity contribution in [2.24, 2.45) is 7.05 Å². The number of benzene rings is 1. The largest absolute Gasteiger partial charge is 0.329 e. The molecule has 4 aromatic rings. The molecule has 0 N–H and O–H groups in total. The molecule has 0 atom stereocenters. The number of hydrogen-bond donors (Lipinski definition) is 0. The van der Waals surface area contributed by atoms with Crippen LogP contribution < -0.4 is 5.69 Å². The molecule has 1 aromatic carbocycles. The first-order valence-electron chi connectivity index (χ1n) is 8.52. The minimum Gasteiger partial charge on any atom is -0.293 e. The second-order valence-corrected chi connectivity index (χ2v) is 9.32. The van der Waals surface area contributed by atoms with Crippen LogP contribution in [0.25, 0.3) is 22.1 Å². The van der Waals surface area contributed by atoms with E-state index in [0.717, 1.165) is 0 Å². The number of fused-ring (bicyclic) bond motifs is 3. The molecule has 0 aliphatic heterocycles. The lowest BCUT2D eigenvalue weighted by Gasteiger charge is -2.21. The Balaban J connectivity index is 2.11. The van der Waals surface area contributed by atoms with Gasteiger partial charge in [-0.05, 0) is 39.0 Å². The Kier molecular flexibility index (Phi) is 3.61. The minimum atomic E-state index is -3.78. The monoisotopic (exact) mass is 384 g/mol. The molecule has 0 spiro atoms. The molecule has 8 heteroatoms. The van der Waals surface area contributed by atoms with Gasteiger partial charge in [0.2, 0.25) is 0 Å². The third kappa shape index (κ3) is 2.43. The van der Waals surface area contributed by atoms with Gasteiger partial charge in [0.25, 0.3) is 10.0 Å². The molecule has 0 unspecified atom stereocenters. The summed E-state index contributed by atoms with van der Waals surface area (Å²) in [6.45, 7) is 5.83. The van der Waals surface area contributed by atoms with Gasteiger partial charge < -0.3 is 0 Å². The highest BCUT2D eigenvalue weighted by Crippen LogP contribution is 2.29. The fourth-order valence-corrected chi connectivity index (χ4v) is 4.71. The van der Waals surface area contributed by atoms with Crippen molar-refractivity contribution < 1.29 is 8.42 Å². The van der Waals surface area contributed by atoms with Crippen LogP contribution in [0, 0.1) is 0 Å². The van der Waals surface area contributed by atoms with E-state index in [4.69, 9.17) is 0 Å². The van der Waals surface area contributed by atoms with Gasteiger partial charge in [0.05, 0.1) is 22.1 Å². The topological polar surface area (TPSA) is 78.9 Å². The van der Waals surface area contributed by atoms with Gasteiger partial charge in [-0.25, -0.2) is 22.2 Å². The van der Waals surface area contributed by atoms with Gasteiger partial charge in [0.1, 0.15) is 0 Å². The molecular formula is C19H20N4O3S. The van der Waals surface area contributed by atoms with Crippen molar-refractivity contribution in [3.8, 4) is 0 Å². The molecule has 0 fully saturated rings. The van der Waals surface area contributed by atoms with Crippen molar-refractivity contribution in [3.05, 3.63) is 59.3 Å². The van der Waals surface area contributed by atoms with Gasteiger partial charge in [-0.15, -0.1) is 0 Å². The number of aromatic nitrogens is 4. The maximum Gasteiger partial charge on any atom is 0.329 e. The lowest BCUT2D eigenvalue weighted by atomic mass is 10.1. The first kappa shape index (κ1) is 17.5. The van der Waals surface area contributed by atoms with Gasteiger partial charge in [0, 0.05) is 24.2 Å². The lowest BCUT2D eigenvalue weighted by molar-refractivity contribution is 0.393. The van der Waals surface area contributed by atoms with Crippen LogP contribution in [-0.4, -0.2) is 26.5 Å². The number of rotatable bonds is 2. The summed E-state index contributed by atoms with van der Waals surface area (Å²) in [5.41, 5.74) is 1.02. The number of pyridine rings is 1. The minimum absolute atomic E-state index is 0.162. The van der Waals surface area contributed by atoms with Gasteiger partial charge in [-0.2, -0.15) is 0 Å². The smallest absolute Gasteiger partial charge is 0.293 e. The van der Waals surface area contributed by atoms with Crippen LogP contribution in [-0.2, 0) is 22.6 Å². The van der Waals surface area contributed by atoms with Gasteiger partial charge in [-0.1, -0.05) is 18.2 Å². The van der Waals surface area contributed by atoms with Crippen molar-refractivity contribution in [3.63, 3.8) is 0 Å². The molecule has 3 heterocycles. The van der Waals surface area contributed by atoms with Crippen molar-refractivity contribution >= 4 is 32.1 Å². The van der Waals surface area contributed by atoms with E-state index in [-0.39, 0.29) is 10.6 Å². The number of imidazole rings is 1. The molecule has 140 valence electrons. The zero-order chi connectivity index (χ0) is 19.6.